The maximum Gasteiger partial charge on any atom is 0.256 e. The Morgan fingerprint density at radius 3 is 2.76 bits per heavy atom. The monoisotopic (exact) mass is 350 g/mol. The first-order valence-electron chi connectivity index (χ1n) is 7.32. The lowest BCUT2D eigenvalue weighted by molar-refractivity contribution is 0.0304. The molecule has 3 rings (SSSR count). The molecule has 112 valence electrons. The molecule has 1 fully saturated rings. The summed E-state index contributed by atoms with van der Waals surface area (Å²) in [5.74, 6) is 0.118. The average Bonchev–Trinajstić information content (AvgIpc) is 2.92. The number of ether oxygens (including phenoxy) is 1. The Balaban J connectivity index is 1.95. The van der Waals surface area contributed by atoms with Crippen LogP contribution in [0, 0.1) is 0 Å². The number of halogens is 1. The molecule has 1 aliphatic heterocycles. The lowest BCUT2D eigenvalue weighted by Crippen LogP contribution is -2.40. The molecule has 1 aromatic heterocycles. The molecule has 1 aliphatic rings. The molecule has 0 unspecified atom stereocenters. The molecule has 0 radical (unpaired) electrons. The van der Waals surface area contributed by atoms with Gasteiger partial charge in [-0.05, 0) is 12.5 Å². The van der Waals surface area contributed by atoms with Crippen LogP contribution in [0.2, 0.25) is 0 Å². The average molecular weight is 351 g/mol. The fourth-order valence-electron chi connectivity index (χ4n) is 2.77. The summed E-state index contributed by atoms with van der Waals surface area (Å²) in [4.78, 5) is 14.6. The summed E-state index contributed by atoms with van der Waals surface area (Å²) in [7, 11) is 0. The van der Waals surface area contributed by atoms with Crippen LogP contribution >= 0.6 is 15.9 Å². The van der Waals surface area contributed by atoms with Crippen molar-refractivity contribution in [3.05, 3.63) is 36.0 Å². The van der Waals surface area contributed by atoms with Gasteiger partial charge >= 0.3 is 0 Å². The number of amides is 1. The van der Waals surface area contributed by atoms with Crippen LogP contribution in [0.4, 0.5) is 0 Å². The first kappa shape index (κ1) is 14.6. The van der Waals surface area contributed by atoms with Crippen molar-refractivity contribution in [2.24, 2.45) is 0 Å². The van der Waals surface area contributed by atoms with Gasteiger partial charge in [0.25, 0.3) is 5.91 Å². The third-order valence-electron chi connectivity index (χ3n) is 3.85. The summed E-state index contributed by atoms with van der Waals surface area (Å²) in [6, 6.07) is 8.14. The second-order valence-corrected chi connectivity index (χ2v) is 5.99. The van der Waals surface area contributed by atoms with Gasteiger partial charge in [0.1, 0.15) is 0 Å². The highest BCUT2D eigenvalue weighted by atomic mass is 79.9. The highest BCUT2D eigenvalue weighted by Crippen LogP contribution is 2.23. The predicted octanol–water partition coefficient (Wildman–Crippen LogP) is 2.90. The second-order valence-electron chi connectivity index (χ2n) is 5.20. The van der Waals surface area contributed by atoms with E-state index in [1.54, 1.807) is 0 Å². The van der Waals surface area contributed by atoms with Crippen LogP contribution in [-0.2, 0) is 11.3 Å². The Morgan fingerprint density at radius 2 is 2.00 bits per heavy atom. The van der Waals surface area contributed by atoms with E-state index in [2.05, 4.69) is 26.6 Å². The van der Waals surface area contributed by atoms with Gasteiger partial charge in [0.15, 0.2) is 0 Å². The topological polar surface area (TPSA) is 34.5 Å². The van der Waals surface area contributed by atoms with E-state index in [9.17, 15) is 4.79 Å². The van der Waals surface area contributed by atoms with Crippen molar-refractivity contribution in [3.8, 4) is 0 Å². The SMILES string of the molecule is O=C(c1cn(CCCBr)c2ccccc12)N1CCOCC1. The minimum Gasteiger partial charge on any atom is -0.378 e. The van der Waals surface area contributed by atoms with Crippen molar-refractivity contribution in [1.82, 2.24) is 9.47 Å². The van der Waals surface area contributed by atoms with Gasteiger partial charge < -0.3 is 14.2 Å². The number of carbonyl (C=O) groups is 1. The van der Waals surface area contributed by atoms with Crippen LogP contribution in [0.1, 0.15) is 16.8 Å². The van der Waals surface area contributed by atoms with E-state index in [1.807, 2.05) is 29.3 Å². The van der Waals surface area contributed by atoms with Gasteiger partial charge in [-0.2, -0.15) is 0 Å². The van der Waals surface area contributed by atoms with Gasteiger partial charge in [0, 0.05) is 42.1 Å². The number of carbonyl (C=O) groups excluding carboxylic acids is 1. The maximum atomic E-state index is 12.7. The third kappa shape index (κ3) is 2.99. The molecule has 0 bridgehead atoms. The summed E-state index contributed by atoms with van der Waals surface area (Å²) in [6.45, 7) is 3.55. The molecule has 2 heterocycles. The van der Waals surface area contributed by atoms with Gasteiger partial charge in [-0.25, -0.2) is 0 Å². The molecule has 4 nitrogen and oxygen atoms in total. The number of hydrogen-bond donors (Lipinski definition) is 0. The standard InChI is InChI=1S/C16H19BrN2O2/c17-6-3-7-19-12-14(13-4-1-2-5-15(13)19)16(20)18-8-10-21-11-9-18/h1-2,4-5,12H,3,6-11H2. The maximum absolute atomic E-state index is 12.7. The fourth-order valence-corrected chi connectivity index (χ4v) is 3.02. The van der Waals surface area contributed by atoms with E-state index in [-0.39, 0.29) is 5.91 Å². The van der Waals surface area contributed by atoms with Gasteiger partial charge in [-0.15, -0.1) is 0 Å². The van der Waals surface area contributed by atoms with Crippen LogP contribution in [0.3, 0.4) is 0 Å². The largest absolute Gasteiger partial charge is 0.378 e. The molecule has 0 aliphatic carbocycles. The summed E-state index contributed by atoms with van der Waals surface area (Å²) >= 11 is 3.47. The van der Waals surface area contributed by atoms with Crippen LogP contribution in [0.25, 0.3) is 10.9 Å². The molecule has 1 aromatic carbocycles. The smallest absolute Gasteiger partial charge is 0.256 e. The zero-order valence-corrected chi connectivity index (χ0v) is 13.5. The normalized spacial score (nSPS) is 15.6. The van der Waals surface area contributed by atoms with Crippen molar-refractivity contribution in [2.45, 2.75) is 13.0 Å². The predicted molar refractivity (Wildman–Crippen MR) is 87.1 cm³/mol. The van der Waals surface area contributed by atoms with E-state index in [0.717, 1.165) is 34.8 Å². The number of morpholine rings is 1. The summed E-state index contributed by atoms with van der Waals surface area (Å²) in [5, 5.41) is 2.01. The Bertz CT molecular complexity index is 632. The first-order valence-corrected chi connectivity index (χ1v) is 8.44. The molecule has 1 saturated heterocycles. The lowest BCUT2D eigenvalue weighted by atomic mass is 10.1. The van der Waals surface area contributed by atoms with E-state index >= 15 is 0 Å². The van der Waals surface area contributed by atoms with Crippen LogP contribution in [0.5, 0.6) is 0 Å². The third-order valence-corrected chi connectivity index (χ3v) is 4.41. The second kappa shape index (κ2) is 6.62. The summed E-state index contributed by atoms with van der Waals surface area (Å²) in [6.07, 6.45) is 3.05. The number of para-hydroxylation sites is 1. The van der Waals surface area contributed by atoms with Gasteiger partial charge in [0.05, 0.1) is 18.8 Å². The molecule has 0 N–H and O–H groups in total. The molecule has 0 saturated carbocycles. The fraction of sp³-hybridized carbons (Fsp3) is 0.438. The number of hydrogen-bond acceptors (Lipinski definition) is 2. The van der Waals surface area contributed by atoms with Crippen molar-refractivity contribution < 1.29 is 9.53 Å². The van der Waals surface area contributed by atoms with Crippen molar-refractivity contribution in [3.63, 3.8) is 0 Å². The Kier molecular flexibility index (Phi) is 4.60. The van der Waals surface area contributed by atoms with Gasteiger partial charge in [-0.3, -0.25) is 4.79 Å². The summed E-state index contributed by atoms with van der Waals surface area (Å²) in [5.41, 5.74) is 1.94. The molecule has 0 atom stereocenters. The Morgan fingerprint density at radius 1 is 1.24 bits per heavy atom. The molecular formula is C16H19BrN2O2. The zero-order valence-electron chi connectivity index (χ0n) is 11.9. The van der Waals surface area contributed by atoms with Crippen molar-refractivity contribution >= 4 is 32.7 Å². The number of aryl methyl sites for hydroxylation is 1. The number of aromatic nitrogens is 1. The number of benzene rings is 1. The number of rotatable bonds is 4. The lowest BCUT2D eigenvalue weighted by Gasteiger charge is -2.26. The van der Waals surface area contributed by atoms with Crippen LogP contribution in [0.15, 0.2) is 30.5 Å². The Labute approximate surface area is 132 Å². The van der Waals surface area contributed by atoms with Gasteiger partial charge in [0.2, 0.25) is 0 Å². The molecule has 5 heteroatoms. The highest BCUT2D eigenvalue weighted by molar-refractivity contribution is 9.09. The molecule has 1 amide bonds. The van der Waals surface area contributed by atoms with Crippen LogP contribution in [-0.4, -0.2) is 47.0 Å². The van der Waals surface area contributed by atoms with E-state index in [1.165, 1.54) is 0 Å². The van der Waals surface area contributed by atoms with Crippen molar-refractivity contribution in [2.75, 3.05) is 31.6 Å². The quantitative estimate of drug-likeness (QED) is 0.794. The Hall–Kier alpha value is -1.33. The molecular weight excluding hydrogens is 332 g/mol. The molecule has 0 spiro atoms. The van der Waals surface area contributed by atoms with E-state index in [0.29, 0.717) is 26.3 Å². The molecule has 21 heavy (non-hydrogen) atoms. The number of alkyl halides is 1. The minimum atomic E-state index is 0.118. The van der Waals surface area contributed by atoms with E-state index < -0.39 is 0 Å². The van der Waals surface area contributed by atoms with E-state index in [4.69, 9.17) is 4.74 Å². The summed E-state index contributed by atoms with van der Waals surface area (Å²) < 4.78 is 7.51. The molecule has 2 aromatic rings. The highest BCUT2D eigenvalue weighted by Gasteiger charge is 2.22. The number of fused-ring (bicyclic) bond motifs is 1. The zero-order chi connectivity index (χ0) is 14.7. The minimum absolute atomic E-state index is 0.118. The number of nitrogens with zero attached hydrogens (tertiary/aromatic N) is 2. The van der Waals surface area contributed by atoms with Gasteiger partial charge in [-0.1, -0.05) is 34.1 Å². The first-order chi connectivity index (χ1) is 10.3. The van der Waals surface area contributed by atoms with Crippen LogP contribution < -0.4 is 0 Å². The van der Waals surface area contributed by atoms with Crippen molar-refractivity contribution in [1.29, 1.82) is 0 Å².